The molecular formula is C15H21IO2. The smallest absolute Gasteiger partial charge is 0.0984 e. The summed E-state index contributed by atoms with van der Waals surface area (Å²) in [5.74, 6) is 0. The van der Waals surface area contributed by atoms with Gasteiger partial charge in [0.1, 0.15) is 0 Å². The summed E-state index contributed by atoms with van der Waals surface area (Å²) in [4.78, 5) is 0. The molecule has 1 aromatic carbocycles. The van der Waals surface area contributed by atoms with Crippen LogP contribution in [0.15, 0.2) is 30.3 Å². The van der Waals surface area contributed by atoms with Gasteiger partial charge in [0.25, 0.3) is 0 Å². The molecule has 100 valence electrons. The van der Waals surface area contributed by atoms with E-state index in [2.05, 4.69) is 46.9 Å². The van der Waals surface area contributed by atoms with E-state index in [0.717, 1.165) is 17.5 Å². The topological polar surface area (TPSA) is 18.5 Å². The van der Waals surface area contributed by atoms with E-state index < -0.39 is 0 Å². The zero-order valence-corrected chi connectivity index (χ0v) is 12.8. The molecule has 3 heteroatoms. The van der Waals surface area contributed by atoms with Gasteiger partial charge >= 0.3 is 0 Å². The van der Waals surface area contributed by atoms with Crippen LogP contribution in [0.5, 0.6) is 0 Å². The Labute approximate surface area is 123 Å². The van der Waals surface area contributed by atoms with Gasteiger partial charge in [0.15, 0.2) is 0 Å². The third-order valence-corrected chi connectivity index (χ3v) is 3.84. The van der Waals surface area contributed by atoms with Gasteiger partial charge < -0.3 is 9.47 Å². The number of rotatable bonds is 5. The molecule has 1 fully saturated rings. The van der Waals surface area contributed by atoms with E-state index in [1.54, 1.807) is 0 Å². The Bertz CT molecular complexity index is 329. The molecule has 1 aromatic rings. The molecule has 1 aliphatic carbocycles. The van der Waals surface area contributed by atoms with Crippen LogP contribution in [0.25, 0.3) is 0 Å². The van der Waals surface area contributed by atoms with E-state index in [9.17, 15) is 0 Å². The third-order valence-electron chi connectivity index (χ3n) is 3.48. The summed E-state index contributed by atoms with van der Waals surface area (Å²) in [7, 11) is 0. The van der Waals surface area contributed by atoms with Crippen LogP contribution >= 0.6 is 22.6 Å². The van der Waals surface area contributed by atoms with Gasteiger partial charge in [0.05, 0.1) is 23.4 Å². The maximum Gasteiger partial charge on any atom is 0.0984 e. The molecule has 0 amide bonds. The minimum Gasteiger partial charge on any atom is -0.371 e. The Hall–Kier alpha value is -0.130. The summed E-state index contributed by atoms with van der Waals surface area (Å²) >= 11 is 2.27. The second-order valence-corrected chi connectivity index (χ2v) is 5.41. The van der Waals surface area contributed by atoms with Gasteiger partial charge in [0.2, 0.25) is 0 Å². The number of halogens is 1. The molecule has 0 saturated heterocycles. The molecule has 18 heavy (non-hydrogen) atoms. The summed E-state index contributed by atoms with van der Waals surface area (Å²) in [6.45, 7) is 0.701. The normalized spacial score (nSPS) is 24.7. The molecule has 2 unspecified atom stereocenters. The molecule has 2 atom stereocenters. The largest absolute Gasteiger partial charge is 0.371 e. The molecule has 0 aromatic heterocycles. The van der Waals surface area contributed by atoms with E-state index in [1.165, 1.54) is 24.8 Å². The van der Waals surface area contributed by atoms with Gasteiger partial charge in [-0.25, -0.2) is 0 Å². The maximum atomic E-state index is 6.09. The Morgan fingerprint density at radius 3 is 2.28 bits per heavy atom. The van der Waals surface area contributed by atoms with Crippen molar-refractivity contribution in [2.24, 2.45) is 0 Å². The third kappa shape index (κ3) is 4.52. The van der Waals surface area contributed by atoms with Crippen LogP contribution in [0.3, 0.4) is 0 Å². The van der Waals surface area contributed by atoms with Gasteiger partial charge in [-0.3, -0.25) is 0 Å². The fraction of sp³-hybridized carbons (Fsp3) is 0.600. The SMILES string of the molecule is ICOC1CCCCCC1OCc1ccccc1. The first-order valence-electron chi connectivity index (χ1n) is 6.73. The molecule has 2 nitrogen and oxygen atoms in total. The number of hydrogen-bond donors (Lipinski definition) is 0. The first kappa shape index (κ1) is 14.3. The molecule has 0 heterocycles. The number of alkyl halides is 1. The van der Waals surface area contributed by atoms with Crippen LogP contribution < -0.4 is 0 Å². The fourth-order valence-corrected chi connectivity index (χ4v) is 2.94. The summed E-state index contributed by atoms with van der Waals surface area (Å²) in [6, 6.07) is 10.4. The Morgan fingerprint density at radius 1 is 0.944 bits per heavy atom. The lowest BCUT2D eigenvalue weighted by Gasteiger charge is -2.25. The number of benzene rings is 1. The summed E-state index contributed by atoms with van der Waals surface area (Å²) in [5.41, 5.74) is 1.25. The summed E-state index contributed by atoms with van der Waals surface area (Å²) < 4.78 is 12.7. The molecule has 0 spiro atoms. The second kappa shape index (κ2) is 8.12. The first-order chi connectivity index (χ1) is 8.90. The molecular weight excluding hydrogens is 339 g/mol. The zero-order valence-electron chi connectivity index (χ0n) is 10.7. The molecule has 0 N–H and O–H groups in total. The summed E-state index contributed by atoms with van der Waals surface area (Å²) in [6.07, 6.45) is 6.67. The predicted molar refractivity (Wildman–Crippen MR) is 81.9 cm³/mol. The predicted octanol–water partition coefficient (Wildman–Crippen LogP) is 4.31. The van der Waals surface area contributed by atoms with Crippen molar-refractivity contribution in [2.45, 2.75) is 50.9 Å². The van der Waals surface area contributed by atoms with Gasteiger partial charge in [-0.2, -0.15) is 0 Å². The van der Waals surface area contributed by atoms with Crippen LogP contribution in [-0.4, -0.2) is 16.8 Å². The number of ether oxygens (including phenoxy) is 2. The second-order valence-electron chi connectivity index (χ2n) is 4.79. The van der Waals surface area contributed by atoms with Crippen LogP contribution in [0.4, 0.5) is 0 Å². The average molecular weight is 360 g/mol. The van der Waals surface area contributed by atoms with Crippen molar-refractivity contribution in [1.29, 1.82) is 0 Å². The molecule has 0 aliphatic heterocycles. The van der Waals surface area contributed by atoms with E-state index in [4.69, 9.17) is 9.47 Å². The molecule has 0 radical (unpaired) electrons. The van der Waals surface area contributed by atoms with Gasteiger partial charge in [-0.05, 0) is 18.4 Å². The minimum atomic E-state index is 0.266. The van der Waals surface area contributed by atoms with E-state index in [-0.39, 0.29) is 12.2 Å². The highest BCUT2D eigenvalue weighted by Gasteiger charge is 2.24. The van der Waals surface area contributed by atoms with Crippen LogP contribution in [-0.2, 0) is 16.1 Å². The van der Waals surface area contributed by atoms with Crippen molar-refractivity contribution in [1.82, 2.24) is 0 Å². The van der Waals surface area contributed by atoms with Gasteiger partial charge in [-0.1, -0.05) is 72.2 Å². The lowest BCUT2D eigenvalue weighted by molar-refractivity contribution is -0.0681. The van der Waals surface area contributed by atoms with Crippen LogP contribution in [0, 0.1) is 0 Å². The highest BCUT2D eigenvalue weighted by atomic mass is 127. The molecule has 0 bridgehead atoms. The highest BCUT2D eigenvalue weighted by molar-refractivity contribution is 14.1. The van der Waals surface area contributed by atoms with Gasteiger partial charge in [0, 0.05) is 0 Å². The zero-order chi connectivity index (χ0) is 12.6. The van der Waals surface area contributed by atoms with Crippen LogP contribution in [0.1, 0.15) is 37.7 Å². The van der Waals surface area contributed by atoms with E-state index in [0.29, 0.717) is 6.61 Å². The van der Waals surface area contributed by atoms with E-state index in [1.807, 2.05) is 6.07 Å². The van der Waals surface area contributed by atoms with Crippen molar-refractivity contribution in [3.8, 4) is 0 Å². The Morgan fingerprint density at radius 2 is 1.61 bits per heavy atom. The van der Waals surface area contributed by atoms with Crippen molar-refractivity contribution >= 4 is 22.6 Å². The fourth-order valence-electron chi connectivity index (χ4n) is 2.48. The lowest BCUT2D eigenvalue weighted by Crippen LogP contribution is -2.30. The Balaban J connectivity index is 1.88. The monoisotopic (exact) mass is 360 g/mol. The lowest BCUT2D eigenvalue weighted by atomic mass is 10.1. The Kier molecular flexibility index (Phi) is 6.45. The number of hydrogen-bond acceptors (Lipinski definition) is 2. The molecule has 2 rings (SSSR count). The average Bonchev–Trinajstić information content (AvgIpc) is 2.64. The summed E-state index contributed by atoms with van der Waals surface area (Å²) in [5, 5.41) is 0. The quantitative estimate of drug-likeness (QED) is 0.443. The van der Waals surface area contributed by atoms with E-state index >= 15 is 0 Å². The van der Waals surface area contributed by atoms with Crippen LogP contribution in [0.2, 0.25) is 0 Å². The van der Waals surface area contributed by atoms with Crippen molar-refractivity contribution < 1.29 is 9.47 Å². The first-order valence-corrected chi connectivity index (χ1v) is 8.26. The maximum absolute atomic E-state index is 6.09. The van der Waals surface area contributed by atoms with Crippen molar-refractivity contribution in [2.75, 3.05) is 4.61 Å². The minimum absolute atomic E-state index is 0.266. The van der Waals surface area contributed by atoms with Gasteiger partial charge in [-0.15, -0.1) is 0 Å². The molecule has 1 aliphatic rings. The van der Waals surface area contributed by atoms with Crippen molar-refractivity contribution in [3.63, 3.8) is 0 Å². The standard InChI is InChI=1S/C15H21IO2/c16-12-18-15-10-6-2-5-9-14(15)17-11-13-7-3-1-4-8-13/h1,3-4,7-8,14-15H,2,5-6,9-12H2. The molecule has 1 saturated carbocycles. The highest BCUT2D eigenvalue weighted by Crippen LogP contribution is 2.24. The van der Waals surface area contributed by atoms with Crippen molar-refractivity contribution in [3.05, 3.63) is 35.9 Å².